The molecule has 3 rings (SSSR count). The molecule has 1 saturated heterocycles. The SMILES string of the molecule is O=C(Nc1ccc(F)cn1)N1CCOC(c2cccs2)C1. The number of nitrogens with one attached hydrogen (secondary N) is 1. The van der Waals surface area contributed by atoms with Crippen LogP contribution in [0.5, 0.6) is 0 Å². The molecule has 0 saturated carbocycles. The maximum atomic E-state index is 12.8. The van der Waals surface area contributed by atoms with Crippen molar-refractivity contribution in [3.05, 3.63) is 46.5 Å². The van der Waals surface area contributed by atoms with Crippen molar-refractivity contribution in [1.82, 2.24) is 9.88 Å². The summed E-state index contributed by atoms with van der Waals surface area (Å²) >= 11 is 1.61. The first-order valence-corrected chi connectivity index (χ1v) is 7.43. The topological polar surface area (TPSA) is 54.5 Å². The molecule has 5 nitrogen and oxygen atoms in total. The molecule has 2 amide bonds. The van der Waals surface area contributed by atoms with Crippen LogP contribution in [0.1, 0.15) is 11.0 Å². The second kappa shape index (κ2) is 6.19. The van der Waals surface area contributed by atoms with Gasteiger partial charge in [-0.2, -0.15) is 0 Å². The van der Waals surface area contributed by atoms with E-state index in [2.05, 4.69) is 10.3 Å². The molecule has 0 bridgehead atoms. The number of carbonyl (C=O) groups is 1. The molecule has 21 heavy (non-hydrogen) atoms. The van der Waals surface area contributed by atoms with Gasteiger partial charge < -0.3 is 9.64 Å². The van der Waals surface area contributed by atoms with Gasteiger partial charge in [0, 0.05) is 11.4 Å². The highest BCUT2D eigenvalue weighted by atomic mass is 32.1. The predicted octanol–water partition coefficient (Wildman–Crippen LogP) is 2.89. The number of halogens is 1. The van der Waals surface area contributed by atoms with Crippen LogP contribution in [0.15, 0.2) is 35.8 Å². The summed E-state index contributed by atoms with van der Waals surface area (Å²) in [6.07, 6.45) is 0.981. The fraction of sp³-hybridized carbons (Fsp3) is 0.286. The molecule has 1 aliphatic rings. The number of aromatic nitrogens is 1. The van der Waals surface area contributed by atoms with Gasteiger partial charge in [0.2, 0.25) is 0 Å². The van der Waals surface area contributed by atoms with E-state index in [4.69, 9.17) is 4.74 Å². The molecule has 0 aromatic carbocycles. The first-order valence-electron chi connectivity index (χ1n) is 6.55. The van der Waals surface area contributed by atoms with E-state index in [9.17, 15) is 9.18 Å². The quantitative estimate of drug-likeness (QED) is 0.928. The van der Waals surface area contributed by atoms with Gasteiger partial charge in [-0.05, 0) is 23.6 Å². The second-order valence-corrected chi connectivity index (χ2v) is 5.59. The molecule has 1 unspecified atom stereocenters. The van der Waals surface area contributed by atoms with E-state index in [0.717, 1.165) is 11.1 Å². The Balaban J connectivity index is 1.63. The number of pyridine rings is 1. The molecule has 1 atom stereocenters. The zero-order valence-corrected chi connectivity index (χ0v) is 12.0. The van der Waals surface area contributed by atoms with Crippen molar-refractivity contribution in [2.45, 2.75) is 6.10 Å². The van der Waals surface area contributed by atoms with Crippen molar-refractivity contribution in [3.63, 3.8) is 0 Å². The van der Waals surface area contributed by atoms with E-state index < -0.39 is 5.82 Å². The summed E-state index contributed by atoms with van der Waals surface area (Å²) in [4.78, 5) is 18.8. The molecular weight excluding hydrogens is 293 g/mol. The first kappa shape index (κ1) is 14.0. The molecular formula is C14H14FN3O2S. The van der Waals surface area contributed by atoms with Gasteiger partial charge in [-0.1, -0.05) is 6.07 Å². The number of amides is 2. The van der Waals surface area contributed by atoms with E-state index in [1.807, 2.05) is 17.5 Å². The average molecular weight is 307 g/mol. The van der Waals surface area contributed by atoms with Gasteiger partial charge in [-0.15, -0.1) is 11.3 Å². The van der Waals surface area contributed by atoms with Gasteiger partial charge in [-0.3, -0.25) is 5.32 Å². The van der Waals surface area contributed by atoms with Gasteiger partial charge in [-0.25, -0.2) is 14.2 Å². The van der Waals surface area contributed by atoms with Crippen LogP contribution < -0.4 is 5.32 Å². The fourth-order valence-electron chi connectivity index (χ4n) is 2.12. The van der Waals surface area contributed by atoms with E-state index in [1.165, 1.54) is 12.1 Å². The van der Waals surface area contributed by atoms with E-state index in [1.54, 1.807) is 16.2 Å². The summed E-state index contributed by atoms with van der Waals surface area (Å²) in [6.45, 7) is 1.51. The summed E-state index contributed by atoms with van der Waals surface area (Å²) in [6, 6.07) is 6.41. The standard InChI is InChI=1S/C14H14FN3O2S/c15-10-3-4-13(16-8-10)17-14(19)18-5-6-20-11(9-18)12-2-1-7-21-12/h1-4,7-8,11H,5-6,9H2,(H,16,17,19). The highest BCUT2D eigenvalue weighted by Gasteiger charge is 2.26. The maximum absolute atomic E-state index is 12.8. The third kappa shape index (κ3) is 3.37. The van der Waals surface area contributed by atoms with Crippen LogP contribution in [0.4, 0.5) is 15.0 Å². The molecule has 3 heterocycles. The Kier molecular flexibility index (Phi) is 4.12. The maximum Gasteiger partial charge on any atom is 0.323 e. The lowest BCUT2D eigenvalue weighted by molar-refractivity contribution is -0.0116. The third-order valence-corrected chi connectivity index (χ3v) is 4.14. The lowest BCUT2D eigenvalue weighted by Gasteiger charge is -2.32. The number of rotatable bonds is 2. The van der Waals surface area contributed by atoms with Gasteiger partial charge >= 0.3 is 6.03 Å². The van der Waals surface area contributed by atoms with Crippen LogP contribution in [-0.4, -0.2) is 35.6 Å². The molecule has 1 N–H and O–H groups in total. The molecule has 1 aliphatic heterocycles. The molecule has 1 fully saturated rings. The third-order valence-electron chi connectivity index (χ3n) is 3.18. The smallest absolute Gasteiger partial charge is 0.323 e. The Morgan fingerprint density at radius 2 is 2.38 bits per heavy atom. The van der Waals surface area contributed by atoms with Crippen LogP contribution >= 0.6 is 11.3 Å². The van der Waals surface area contributed by atoms with Gasteiger partial charge in [0.1, 0.15) is 17.7 Å². The lowest BCUT2D eigenvalue weighted by atomic mass is 10.2. The molecule has 2 aromatic rings. The van der Waals surface area contributed by atoms with Crippen molar-refractivity contribution in [3.8, 4) is 0 Å². The number of hydrogen-bond acceptors (Lipinski definition) is 4. The second-order valence-electron chi connectivity index (χ2n) is 4.61. The molecule has 0 spiro atoms. The van der Waals surface area contributed by atoms with Crippen LogP contribution in [0.3, 0.4) is 0 Å². The van der Waals surface area contributed by atoms with E-state index >= 15 is 0 Å². The summed E-state index contributed by atoms with van der Waals surface area (Å²) in [5.41, 5.74) is 0. The van der Waals surface area contributed by atoms with Crippen molar-refractivity contribution >= 4 is 23.2 Å². The van der Waals surface area contributed by atoms with Crippen LogP contribution in [0.25, 0.3) is 0 Å². The number of hydrogen-bond donors (Lipinski definition) is 1. The Hall–Kier alpha value is -1.99. The zero-order valence-electron chi connectivity index (χ0n) is 11.2. The first-order chi connectivity index (χ1) is 10.2. The van der Waals surface area contributed by atoms with E-state index in [-0.39, 0.29) is 12.1 Å². The number of urea groups is 1. The normalized spacial score (nSPS) is 18.5. The number of ether oxygens (including phenoxy) is 1. The number of anilines is 1. The molecule has 2 aromatic heterocycles. The Bertz CT molecular complexity index is 603. The van der Waals surface area contributed by atoms with E-state index in [0.29, 0.717) is 25.5 Å². The van der Waals surface area contributed by atoms with Crippen molar-refractivity contribution in [1.29, 1.82) is 0 Å². The lowest BCUT2D eigenvalue weighted by Crippen LogP contribution is -2.44. The summed E-state index contributed by atoms with van der Waals surface area (Å²) in [7, 11) is 0. The van der Waals surface area contributed by atoms with Gasteiger partial charge in [0.15, 0.2) is 0 Å². The molecule has 0 radical (unpaired) electrons. The predicted molar refractivity (Wildman–Crippen MR) is 77.8 cm³/mol. The molecule has 110 valence electrons. The molecule has 7 heteroatoms. The Morgan fingerprint density at radius 1 is 1.48 bits per heavy atom. The minimum absolute atomic E-state index is 0.0920. The number of morpholine rings is 1. The highest BCUT2D eigenvalue weighted by molar-refractivity contribution is 7.10. The average Bonchev–Trinajstić information content (AvgIpc) is 3.04. The minimum Gasteiger partial charge on any atom is -0.369 e. The van der Waals surface area contributed by atoms with Gasteiger partial charge in [0.05, 0.1) is 19.3 Å². The Labute approximate surface area is 125 Å². The largest absolute Gasteiger partial charge is 0.369 e. The summed E-state index contributed by atoms with van der Waals surface area (Å²) in [5.74, 6) is -0.0994. The van der Waals surface area contributed by atoms with Crippen LogP contribution in [0, 0.1) is 5.82 Å². The van der Waals surface area contributed by atoms with Crippen molar-refractivity contribution in [2.75, 3.05) is 25.0 Å². The monoisotopic (exact) mass is 307 g/mol. The van der Waals surface area contributed by atoms with Gasteiger partial charge in [0.25, 0.3) is 0 Å². The molecule has 0 aliphatic carbocycles. The van der Waals surface area contributed by atoms with Crippen molar-refractivity contribution in [2.24, 2.45) is 0 Å². The number of thiophene rings is 1. The summed E-state index contributed by atoms with van der Waals surface area (Å²) < 4.78 is 18.5. The number of nitrogens with zero attached hydrogens (tertiary/aromatic N) is 2. The summed E-state index contributed by atoms with van der Waals surface area (Å²) in [5, 5.41) is 4.65. The Morgan fingerprint density at radius 3 is 3.10 bits per heavy atom. The minimum atomic E-state index is -0.433. The van der Waals surface area contributed by atoms with Crippen LogP contribution in [-0.2, 0) is 4.74 Å². The fourth-order valence-corrected chi connectivity index (χ4v) is 2.88. The van der Waals surface area contributed by atoms with Crippen molar-refractivity contribution < 1.29 is 13.9 Å². The van der Waals surface area contributed by atoms with Crippen LogP contribution in [0.2, 0.25) is 0 Å². The highest BCUT2D eigenvalue weighted by Crippen LogP contribution is 2.26. The number of carbonyl (C=O) groups excluding carboxylic acids is 1. The zero-order chi connectivity index (χ0) is 14.7.